The van der Waals surface area contributed by atoms with Crippen LogP contribution in [0.2, 0.25) is 0 Å². The molecule has 0 aromatic heterocycles. The van der Waals surface area contributed by atoms with Crippen LogP contribution in [-0.2, 0) is 13.0 Å². The molecule has 4 heteroatoms. The second-order valence-corrected chi connectivity index (χ2v) is 6.48. The zero-order chi connectivity index (χ0) is 14.7. The van der Waals surface area contributed by atoms with Gasteiger partial charge in [-0.2, -0.15) is 0 Å². The molecule has 1 aliphatic rings. The van der Waals surface area contributed by atoms with E-state index in [9.17, 15) is 4.79 Å². The molecule has 2 aromatic rings. The van der Waals surface area contributed by atoms with Crippen molar-refractivity contribution in [3.8, 4) is 0 Å². The molecule has 1 atom stereocenters. The highest BCUT2D eigenvalue weighted by Gasteiger charge is 2.26. The highest BCUT2D eigenvalue weighted by atomic mass is 79.9. The van der Waals surface area contributed by atoms with Crippen LogP contribution < -0.4 is 10.2 Å². The molecule has 0 aliphatic carbocycles. The predicted octanol–water partition coefficient (Wildman–Crippen LogP) is 3.72. The van der Waals surface area contributed by atoms with Gasteiger partial charge in [0, 0.05) is 23.6 Å². The van der Waals surface area contributed by atoms with Gasteiger partial charge in [-0.15, -0.1) is 0 Å². The van der Waals surface area contributed by atoms with E-state index in [0.29, 0.717) is 17.9 Å². The fraction of sp³-hybridized carbons (Fsp3) is 0.235. The molecular formula is C17H17BrN2O. The van der Waals surface area contributed by atoms with Crippen molar-refractivity contribution in [3.63, 3.8) is 0 Å². The van der Waals surface area contributed by atoms with Crippen LogP contribution >= 0.6 is 15.9 Å². The first-order valence-corrected chi connectivity index (χ1v) is 7.97. The van der Waals surface area contributed by atoms with Gasteiger partial charge < -0.3 is 5.32 Å². The first-order chi connectivity index (χ1) is 10.2. The number of nitrogens with one attached hydrogen (secondary N) is 1. The number of nitrogens with zero attached hydrogens (tertiary/aromatic N) is 1. The van der Waals surface area contributed by atoms with Crippen LogP contribution in [0.1, 0.15) is 11.1 Å². The number of amides is 2. The largest absolute Gasteiger partial charge is 0.334 e. The van der Waals surface area contributed by atoms with E-state index in [2.05, 4.69) is 27.3 Å². The first-order valence-electron chi connectivity index (χ1n) is 7.05. The molecule has 2 amide bonds. The molecule has 1 heterocycles. The molecule has 2 aromatic carbocycles. The summed E-state index contributed by atoms with van der Waals surface area (Å²) in [5.74, 6) is 0. The van der Waals surface area contributed by atoms with Crippen LogP contribution in [0, 0.1) is 0 Å². The van der Waals surface area contributed by atoms with Gasteiger partial charge in [-0.3, -0.25) is 4.90 Å². The lowest BCUT2D eigenvalue weighted by atomic mass is 10.0. The maximum absolute atomic E-state index is 12.5. The Morgan fingerprint density at radius 3 is 2.67 bits per heavy atom. The van der Waals surface area contributed by atoms with Crippen LogP contribution in [0.15, 0.2) is 54.6 Å². The van der Waals surface area contributed by atoms with E-state index in [1.165, 1.54) is 5.56 Å². The van der Waals surface area contributed by atoms with Gasteiger partial charge in [0.05, 0.1) is 0 Å². The summed E-state index contributed by atoms with van der Waals surface area (Å²) < 4.78 is 0. The lowest BCUT2D eigenvalue weighted by Gasteiger charge is -2.32. The number of anilines is 1. The Morgan fingerprint density at radius 2 is 1.86 bits per heavy atom. The van der Waals surface area contributed by atoms with Gasteiger partial charge in [-0.1, -0.05) is 64.5 Å². The van der Waals surface area contributed by atoms with Gasteiger partial charge in [0.15, 0.2) is 0 Å². The van der Waals surface area contributed by atoms with Gasteiger partial charge in [-0.25, -0.2) is 4.79 Å². The molecule has 0 spiro atoms. The van der Waals surface area contributed by atoms with Gasteiger partial charge >= 0.3 is 6.03 Å². The number of carbonyl (C=O) groups excluding carboxylic acids is 1. The van der Waals surface area contributed by atoms with Crippen molar-refractivity contribution in [1.82, 2.24) is 5.32 Å². The maximum Gasteiger partial charge on any atom is 0.322 e. The zero-order valence-corrected chi connectivity index (χ0v) is 13.2. The van der Waals surface area contributed by atoms with Crippen molar-refractivity contribution in [2.45, 2.75) is 17.8 Å². The van der Waals surface area contributed by atoms with Crippen molar-refractivity contribution in [1.29, 1.82) is 0 Å². The highest BCUT2D eigenvalue weighted by Crippen LogP contribution is 2.29. The number of carbonyl (C=O) groups is 1. The second kappa shape index (κ2) is 6.31. The topological polar surface area (TPSA) is 32.3 Å². The number of halogens is 1. The van der Waals surface area contributed by atoms with Crippen molar-refractivity contribution >= 4 is 27.6 Å². The highest BCUT2D eigenvalue weighted by molar-refractivity contribution is 9.09. The number of urea groups is 1. The van der Waals surface area contributed by atoms with Crippen LogP contribution in [0.3, 0.4) is 0 Å². The molecule has 0 radical (unpaired) electrons. The van der Waals surface area contributed by atoms with E-state index in [4.69, 9.17) is 0 Å². The SMILES string of the molecule is O=C(NCc1ccccc1)N1CC(Br)Cc2ccccc21. The molecule has 0 saturated carbocycles. The molecule has 108 valence electrons. The van der Waals surface area contributed by atoms with Gasteiger partial charge in [0.2, 0.25) is 0 Å². The summed E-state index contributed by atoms with van der Waals surface area (Å²) in [5, 5.41) is 3.00. The third kappa shape index (κ3) is 3.27. The third-order valence-electron chi connectivity index (χ3n) is 3.64. The predicted molar refractivity (Wildman–Crippen MR) is 88.9 cm³/mol. The normalized spacial score (nSPS) is 17.2. The van der Waals surface area contributed by atoms with Gasteiger partial charge in [0.25, 0.3) is 0 Å². The van der Waals surface area contributed by atoms with Crippen molar-refractivity contribution in [3.05, 3.63) is 65.7 Å². The summed E-state index contributed by atoms with van der Waals surface area (Å²) in [6.45, 7) is 1.24. The average molecular weight is 345 g/mol. The summed E-state index contributed by atoms with van der Waals surface area (Å²) in [6.07, 6.45) is 0.957. The Morgan fingerprint density at radius 1 is 1.14 bits per heavy atom. The third-order valence-corrected chi connectivity index (χ3v) is 4.25. The maximum atomic E-state index is 12.5. The molecule has 0 fully saturated rings. The zero-order valence-electron chi connectivity index (χ0n) is 11.6. The molecule has 3 rings (SSSR count). The summed E-state index contributed by atoms with van der Waals surface area (Å²) in [4.78, 5) is 14.6. The Labute approximate surface area is 133 Å². The molecule has 3 nitrogen and oxygen atoms in total. The minimum Gasteiger partial charge on any atom is -0.334 e. The lowest BCUT2D eigenvalue weighted by molar-refractivity contribution is 0.245. The summed E-state index contributed by atoms with van der Waals surface area (Å²) in [6, 6.07) is 18.0. The van der Waals surface area contributed by atoms with Gasteiger partial charge in [-0.05, 0) is 23.6 Å². The molecular weight excluding hydrogens is 328 g/mol. The number of hydrogen-bond donors (Lipinski definition) is 1. The fourth-order valence-corrected chi connectivity index (χ4v) is 3.25. The second-order valence-electron chi connectivity index (χ2n) is 5.19. The van der Waals surface area contributed by atoms with E-state index in [1.54, 1.807) is 0 Å². The molecule has 1 unspecified atom stereocenters. The van der Waals surface area contributed by atoms with Crippen LogP contribution in [0.25, 0.3) is 0 Å². The van der Waals surface area contributed by atoms with E-state index < -0.39 is 0 Å². The number of benzene rings is 2. The quantitative estimate of drug-likeness (QED) is 0.827. The van der Waals surface area contributed by atoms with E-state index in [1.807, 2.05) is 53.4 Å². The number of alkyl halides is 1. The minimum atomic E-state index is -0.0459. The Bertz CT molecular complexity index is 630. The average Bonchev–Trinajstić information content (AvgIpc) is 2.52. The molecule has 1 aliphatic heterocycles. The fourth-order valence-electron chi connectivity index (χ4n) is 2.61. The number of para-hydroxylation sites is 1. The van der Waals surface area contributed by atoms with E-state index in [0.717, 1.165) is 17.7 Å². The molecule has 0 saturated heterocycles. The summed E-state index contributed by atoms with van der Waals surface area (Å²) in [7, 11) is 0. The van der Waals surface area contributed by atoms with Gasteiger partial charge in [0.1, 0.15) is 0 Å². The Hall–Kier alpha value is -1.81. The molecule has 21 heavy (non-hydrogen) atoms. The number of fused-ring (bicyclic) bond motifs is 1. The lowest BCUT2D eigenvalue weighted by Crippen LogP contribution is -2.45. The molecule has 1 N–H and O–H groups in total. The Balaban J connectivity index is 1.73. The standard InChI is InChI=1S/C17H17BrN2O/c18-15-10-14-8-4-5-9-16(14)20(12-15)17(21)19-11-13-6-2-1-3-7-13/h1-9,15H,10-12H2,(H,19,21). The van der Waals surface area contributed by atoms with E-state index >= 15 is 0 Å². The summed E-state index contributed by atoms with van der Waals surface area (Å²) in [5.41, 5.74) is 3.32. The minimum absolute atomic E-state index is 0.0459. The first kappa shape index (κ1) is 14.1. The number of hydrogen-bond acceptors (Lipinski definition) is 1. The Kier molecular flexibility index (Phi) is 4.25. The monoisotopic (exact) mass is 344 g/mol. The van der Waals surface area contributed by atoms with Crippen LogP contribution in [0.5, 0.6) is 0 Å². The van der Waals surface area contributed by atoms with Crippen LogP contribution in [-0.4, -0.2) is 17.4 Å². The van der Waals surface area contributed by atoms with Crippen molar-refractivity contribution < 1.29 is 4.79 Å². The van der Waals surface area contributed by atoms with E-state index in [-0.39, 0.29) is 6.03 Å². The number of rotatable bonds is 2. The smallest absolute Gasteiger partial charge is 0.322 e. The van der Waals surface area contributed by atoms with Crippen molar-refractivity contribution in [2.24, 2.45) is 0 Å². The van der Waals surface area contributed by atoms with Crippen molar-refractivity contribution in [2.75, 3.05) is 11.4 Å². The molecule has 0 bridgehead atoms. The van der Waals surface area contributed by atoms with Crippen LogP contribution in [0.4, 0.5) is 10.5 Å². The summed E-state index contributed by atoms with van der Waals surface area (Å²) >= 11 is 3.64.